The topological polar surface area (TPSA) is 85.5 Å². The van der Waals surface area contributed by atoms with E-state index >= 15 is 0 Å². The van der Waals surface area contributed by atoms with E-state index in [4.69, 9.17) is 10.5 Å². The molecular weight excluding hydrogens is 398 g/mol. The van der Waals surface area contributed by atoms with Crippen LogP contribution in [0.1, 0.15) is 28.3 Å². The van der Waals surface area contributed by atoms with Crippen molar-refractivity contribution in [3.8, 4) is 17.0 Å². The molecule has 156 valence electrons. The highest BCUT2D eigenvalue weighted by atomic mass is 32.2. The number of nitrogen functional groups attached to an aromatic ring is 1. The maximum Gasteiger partial charge on any atom is 0.212 e. The van der Waals surface area contributed by atoms with Crippen LogP contribution in [0.2, 0.25) is 0 Å². The number of sulfonamides is 1. The van der Waals surface area contributed by atoms with Gasteiger partial charge >= 0.3 is 0 Å². The largest absolute Gasteiger partial charge is 0.497 e. The van der Waals surface area contributed by atoms with Gasteiger partial charge < -0.3 is 10.5 Å². The molecule has 1 aromatic heterocycles. The van der Waals surface area contributed by atoms with E-state index in [9.17, 15) is 8.42 Å². The van der Waals surface area contributed by atoms with Crippen molar-refractivity contribution in [3.63, 3.8) is 0 Å². The van der Waals surface area contributed by atoms with Gasteiger partial charge in [0, 0.05) is 30.1 Å². The van der Waals surface area contributed by atoms with E-state index in [0.29, 0.717) is 18.7 Å². The first-order valence-corrected chi connectivity index (χ1v) is 11.6. The highest BCUT2D eigenvalue weighted by molar-refractivity contribution is 7.88. The highest BCUT2D eigenvalue weighted by Crippen LogP contribution is 2.40. The van der Waals surface area contributed by atoms with Crippen molar-refractivity contribution >= 4 is 15.7 Å². The second-order valence-electron chi connectivity index (χ2n) is 7.60. The Morgan fingerprint density at radius 2 is 1.97 bits per heavy atom. The zero-order chi connectivity index (χ0) is 21.5. The third-order valence-electron chi connectivity index (χ3n) is 5.66. The van der Waals surface area contributed by atoms with Crippen LogP contribution in [0, 0.1) is 6.92 Å². The predicted octanol–water partition coefficient (Wildman–Crippen LogP) is 3.55. The summed E-state index contributed by atoms with van der Waals surface area (Å²) in [5.74, 6) is 0.721. The summed E-state index contributed by atoms with van der Waals surface area (Å²) in [5, 5.41) is 0. The molecule has 0 amide bonds. The Balaban J connectivity index is 1.90. The van der Waals surface area contributed by atoms with Gasteiger partial charge in [0.1, 0.15) is 5.75 Å². The molecule has 1 aliphatic rings. The molecule has 1 atom stereocenters. The van der Waals surface area contributed by atoms with E-state index in [1.165, 1.54) is 6.26 Å². The van der Waals surface area contributed by atoms with Crippen LogP contribution in [0.4, 0.5) is 5.69 Å². The second-order valence-corrected chi connectivity index (χ2v) is 9.53. The quantitative estimate of drug-likeness (QED) is 0.649. The molecule has 0 saturated carbocycles. The van der Waals surface area contributed by atoms with Gasteiger partial charge in [0.2, 0.25) is 10.0 Å². The van der Waals surface area contributed by atoms with Crippen LogP contribution in [0.5, 0.6) is 5.75 Å². The van der Waals surface area contributed by atoms with Gasteiger partial charge in [-0.05, 0) is 53.8 Å². The average molecular weight is 424 g/mol. The summed E-state index contributed by atoms with van der Waals surface area (Å²) in [7, 11) is -1.80. The number of aryl methyl sites for hydroxylation is 1. The first-order chi connectivity index (χ1) is 14.3. The fraction of sp³-hybridized carbons (Fsp3) is 0.261. The van der Waals surface area contributed by atoms with Crippen molar-refractivity contribution in [2.24, 2.45) is 0 Å². The molecule has 30 heavy (non-hydrogen) atoms. The predicted molar refractivity (Wildman–Crippen MR) is 119 cm³/mol. The lowest BCUT2D eigenvalue weighted by Crippen LogP contribution is -2.40. The Morgan fingerprint density at radius 1 is 1.17 bits per heavy atom. The molecule has 2 aromatic carbocycles. The number of hydrogen-bond acceptors (Lipinski definition) is 5. The van der Waals surface area contributed by atoms with E-state index in [2.05, 4.69) is 4.98 Å². The van der Waals surface area contributed by atoms with Gasteiger partial charge in [-0.2, -0.15) is 4.31 Å². The van der Waals surface area contributed by atoms with Crippen molar-refractivity contribution in [1.29, 1.82) is 0 Å². The number of anilines is 1. The number of benzene rings is 2. The number of ether oxygens (including phenoxy) is 1. The number of nitrogens with two attached hydrogens (primary N) is 1. The third-order valence-corrected chi connectivity index (χ3v) is 6.91. The Morgan fingerprint density at radius 3 is 2.70 bits per heavy atom. The summed E-state index contributed by atoms with van der Waals surface area (Å²) in [5.41, 5.74) is 12.5. The van der Waals surface area contributed by atoms with E-state index < -0.39 is 16.1 Å². The van der Waals surface area contributed by atoms with E-state index in [1.807, 2.05) is 49.4 Å². The van der Waals surface area contributed by atoms with Crippen molar-refractivity contribution < 1.29 is 13.2 Å². The molecule has 0 radical (unpaired) electrons. The van der Waals surface area contributed by atoms with Gasteiger partial charge in [0.15, 0.2) is 0 Å². The van der Waals surface area contributed by atoms with Crippen LogP contribution in [0.25, 0.3) is 11.3 Å². The third kappa shape index (κ3) is 3.66. The zero-order valence-corrected chi connectivity index (χ0v) is 18.1. The maximum absolute atomic E-state index is 12.6. The lowest BCUT2D eigenvalue weighted by Gasteiger charge is -2.36. The second kappa shape index (κ2) is 7.74. The molecule has 2 heterocycles. The number of fused-ring (bicyclic) bond motifs is 1. The molecule has 7 heteroatoms. The normalized spacial score (nSPS) is 16.8. The fourth-order valence-corrected chi connectivity index (χ4v) is 5.19. The SMILES string of the molecule is COc1ccnc(-c2cc(C3c4cccc(N)c4CCN3S(C)(=O)=O)ccc2C)c1. The summed E-state index contributed by atoms with van der Waals surface area (Å²) in [6.07, 6.45) is 3.57. The fourth-order valence-electron chi connectivity index (χ4n) is 4.15. The van der Waals surface area contributed by atoms with Crippen molar-refractivity contribution in [1.82, 2.24) is 9.29 Å². The Labute approximate surface area is 177 Å². The van der Waals surface area contributed by atoms with E-state index in [0.717, 1.165) is 39.3 Å². The molecule has 3 aromatic rings. The minimum atomic E-state index is -3.42. The molecule has 0 fully saturated rings. The van der Waals surface area contributed by atoms with Gasteiger partial charge in [0.05, 0.1) is 25.1 Å². The number of nitrogens with zero attached hydrogens (tertiary/aromatic N) is 2. The lowest BCUT2D eigenvalue weighted by molar-refractivity contribution is 0.347. The summed E-state index contributed by atoms with van der Waals surface area (Å²) < 4.78 is 32.2. The number of pyridine rings is 1. The molecule has 1 aliphatic heterocycles. The standard InChI is InChI=1S/C23H25N3O3S/c1-15-7-8-16(13-20(15)22-14-17(29-2)9-11-25-22)23-19-5-4-6-21(24)18(19)10-12-26(23)30(3,27)28/h4-9,11,13-14,23H,10,12,24H2,1-3H3. The molecule has 0 bridgehead atoms. The summed E-state index contributed by atoms with van der Waals surface area (Å²) in [6, 6.07) is 15.0. The molecule has 4 rings (SSSR count). The summed E-state index contributed by atoms with van der Waals surface area (Å²) >= 11 is 0. The Hall–Kier alpha value is -2.90. The molecule has 0 saturated heterocycles. The first kappa shape index (κ1) is 20.4. The van der Waals surface area contributed by atoms with Crippen LogP contribution in [0.3, 0.4) is 0 Å². The van der Waals surface area contributed by atoms with Crippen molar-refractivity contribution in [3.05, 3.63) is 77.0 Å². The maximum atomic E-state index is 12.6. The van der Waals surface area contributed by atoms with Crippen LogP contribution < -0.4 is 10.5 Å². The molecule has 1 unspecified atom stereocenters. The van der Waals surface area contributed by atoms with Crippen LogP contribution in [0.15, 0.2) is 54.7 Å². The minimum Gasteiger partial charge on any atom is -0.497 e. The minimum absolute atomic E-state index is 0.394. The smallest absolute Gasteiger partial charge is 0.212 e. The van der Waals surface area contributed by atoms with Gasteiger partial charge in [-0.3, -0.25) is 4.98 Å². The molecule has 6 nitrogen and oxygen atoms in total. The van der Waals surface area contributed by atoms with Crippen LogP contribution >= 0.6 is 0 Å². The number of hydrogen-bond donors (Lipinski definition) is 1. The molecular formula is C23H25N3O3S. The van der Waals surface area contributed by atoms with Crippen LogP contribution in [-0.4, -0.2) is 37.6 Å². The van der Waals surface area contributed by atoms with Crippen molar-refractivity contribution in [2.75, 3.05) is 25.6 Å². The van der Waals surface area contributed by atoms with E-state index in [-0.39, 0.29) is 0 Å². The molecule has 0 aliphatic carbocycles. The van der Waals surface area contributed by atoms with Gasteiger partial charge in [-0.1, -0.05) is 24.3 Å². The number of methoxy groups -OCH3 is 1. The van der Waals surface area contributed by atoms with Crippen LogP contribution in [-0.2, 0) is 16.4 Å². The number of aromatic nitrogens is 1. The summed E-state index contributed by atoms with van der Waals surface area (Å²) in [4.78, 5) is 4.50. The zero-order valence-electron chi connectivity index (χ0n) is 17.3. The average Bonchev–Trinajstić information content (AvgIpc) is 2.73. The molecule has 2 N–H and O–H groups in total. The molecule has 0 spiro atoms. The lowest BCUT2D eigenvalue weighted by atomic mass is 9.87. The first-order valence-electron chi connectivity index (χ1n) is 9.74. The Bertz CT molecular complexity index is 1210. The Kier molecular flexibility index (Phi) is 5.26. The van der Waals surface area contributed by atoms with Crippen molar-refractivity contribution in [2.45, 2.75) is 19.4 Å². The summed E-state index contributed by atoms with van der Waals surface area (Å²) in [6.45, 7) is 2.41. The van der Waals surface area contributed by atoms with Gasteiger partial charge in [-0.15, -0.1) is 0 Å². The monoisotopic (exact) mass is 423 g/mol. The number of rotatable bonds is 4. The van der Waals surface area contributed by atoms with Gasteiger partial charge in [-0.25, -0.2) is 8.42 Å². The highest BCUT2D eigenvalue weighted by Gasteiger charge is 2.35. The van der Waals surface area contributed by atoms with Gasteiger partial charge in [0.25, 0.3) is 0 Å². The van der Waals surface area contributed by atoms with E-state index in [1.54, 1.807) is 23.7 Å².